The maximum Gasteiger partial charge on any atom is 0.256 e. The van der Waals surface area contributed by atoms with Crippen LogP contribution in [0.3, 0.4) is 0 Å². The monoisotopic (exact) mass is 1170 g/mol. The van der Waals surface area contributed by atoms with Crippen LogP contribution in [0.15, 0.2) is 54.6 Å². The summed E-state index contributed by atoms with van der Waals surface area (Å²) >= 11 is 0. The Labute approximate surface area is 471 Å². The average molecular weight is 1170 g/mol. The van der Waals surface area contributed by atoms with Crippen molar-refractivity contribution in [2.75, 3.05) is 91.2 Å². The van der Waals surface area contributed by atoms with E-state index in [1.165, 1.54) is 45.7 Å². The van der Waals surface area contributed by atoms with E-state index in [-0.39, 0.29) is 55.1 Å². The second-order valence-corrected chi connectivity index (χ2v) is 27.6. The number of carbonyl (C=O) groups is 3. The zero-order valence-electron chi connectivity index (χ0n) is 46.2. The zero-order valence-corrected chi connectivity index (χ0v) is 48.6. The molecule has 0 saturated carbocycles. The maximum absolute atomic E-state index is 13.3. The van der Waals surface area contributed by atoms with Crippen LogP contribution in [0, 0.1) is 20.8 Å². The maximum atomic E-state index is 13.3. The summed E-state index contributed by atoms with van der Waals surface area (Å²) in [5, 5.41) is 23.3. The van der Waals surface area contributed by atoms with Gasteiger partial charge < -0.3 is 33.2 Å². The summed E-state index contributed by atoms with van der Waals surface area (Å²) in [5.74, 6) is -0.478. The van der Waals surface area contributed by atoms with Crippen molar-refractivity contribution in [1.29, 1.82) is 0 Å². The number of nitrogen functional groups attached to an aromatic ring is 3. The lowest BCUT2D eigenvalue weighted by atomic mass is 9.88. The minimum absolute atomic E-state index is 0.153. The van der Waals surface area contributed by atoms with Gasteiger partial charge in [0.1, 0.15) is 17.5 Å². The van der Waals surface area contributed by atoms with Crippen molar-refractivity contribution < 1.29 is 39.6 Å². The fourth-order valence-electron chi connectivity index (χ4n) is 11.9. The normalized spacial score (nSPS) is 19.9. The van der Waals surface area contributed by atoms with E-state index in [0.29, 0.717) is 112 Å². The molecule has 2 unspecified atom stereocenters. The summed E-state index contributed by atoms with van der Waals surface area (Å²) in [6.45, 7) is 9.67. The Balaban J connectivity index is 0.000000136. The fourth-order valence-corrected chi connectivity index (χ4v) is 14.2. The standard InChI is InChI=1S/3C18H23N5O3S/c3*1-11-4-3-5-12-13(6-8-20-16(11)12)18(24)23-17(19)14-7-9-22(27(2,25)26)10-15(14)21-23/h3*3-5,13,20H,6-10,19H2,1-2H3/t13-;;/m0../s1. The predicted octanol–water partition coefficient (Wildman–Crippen LogP) is 3.99. The molecule has 0 saturated heterocycles. The van der Waals surface area contributed by atoms with Crippen molar-refractivity contribution in [1.82, 2.24) is 42.3 Å². The Kier molecular flexibility index (Phi) is 15.5. The lowest BCUT2D eigenvalue weighted by Crippen LogP contribution is -2.35. The molecule has 6 aliphatic heterocycles. The Morgan fingerprint density at radius 2 is 0.716 bits per heavy atom. The zero-order chi connectivity index (χ0) is 58.0. The Morgan fingerprint density at radius 1 is 0.457 bits per heavy atom. The second kappa shape index (κ2) is 22.0. The first-order valence-electron chi connectivity index (χ1n) is 26.9. The molecule has 432 valence electrons. The smallest absolute Gasteiger partial charge is 0.256 e. The highest BCUT2D eigenvalue weighted by molar-refractivity contribution is 7.88. The predicted molar refractivity (Wildman–Crippen MR) is 310 cm³/mol. The topological polar surface area (TPSA) is 331 Å². The number of carbonyl (C=O) groups excluding carboxylic acids is 3. The number of anilines is 6. The SMILES string of the molecule is Cc1cccc2c1NCCC2C(=O)n1nc2c(c1N)CCN(S(C)(=O)=O)C2.Cc1cccc2c1NCCC2C(=O)n1nc2c(c1N)CCN(S(C)(=O)=O)C2.Cc1cccc2c1NCC[C@@H]2C(=O)n1nc2c(c1N)CCN(S(C)(=O)=O)C2. The number of sulfonamides is 3. The molecule has 0 fully saturated rings. The van der Waals surface area contributed by atoms with Gasteiger partial charge in [0.25, 0.3) is 17.7 Å². The number of rotatable bonds is 6. The molecule has 6 aromatic rings. The number of fused-ring (bicyclic) bond motifs is 6. The molecule has 0 radical (unpaired) electrons. The van der Waals surface area contributed by atoms with Crippen molar-refractivity contribution >= 4 is 82.3 Å². The average Bonchev–Trinajstić information content (AvgIpc) is 4.27. The summed E-state index contributed by atoms with van der Waals surface area (Å²) in [5.41, 5.74) is 31.9. The third-order valence-corrected chi connectivity index (χ3v) is 20.1. The van der Waals surface area contributed by atoms with Gasteiger partial charge in [-0.05, 0) is 92.7 Å². The number of hydrogen-bond donors (Lipinski definition) is 6. The molecular weight excluding hydrogens is 1100 g/mol. The van der Waals surface area contributed by atoms with Crippen molar-refractivity contribution in [3.8, 4) is 0 Å². The summed E-state index contributed by atoms with van der Waals surface area (Å²) < 4.78 is 78.9. The number of aromatic nitrogens is 6. The van der Waals surface area contributed by atoms with Crippen molar-refractivity contribution in [2.45, 2.75) is 96.7 Å². The quantitative estimate of drug-likeness (QED) is 0.137. The second-order valence-electron chi connectivity index (χ2n) is 21.6. The third-order valence-electron chi connectivity index (χ3n) is 16.3. The van der Waals surface area contributed by atoms with Crippen molar-refractivity contribution in [3.05, 3.63) is 122 Å². The molecule has 12 rings (SSSR count). The molecule has 3 aromatic heterocycles. The van der Waals surface area contributed by atoms with Crippen molar-refractivity contribution in [2.24, 2.45) is 0 Å². The van der Waals surface area contributed by atoms with Crippen LogP contribution in [0.25, 0.3) is 0 Å². The van der Waals surface area contributed by atoms with E-state index in [2.05, 4.69) is 31.2 Å². The molecule has 3 aromatic carbocycles. The summed E-state index contributed by atoms with van der Waals surface area (Å²) in [6, 6.07) is 17.8. The summed E-state index contributed by atoms with van der Waals surface area (Å²) in [7, 11) is -9.92. The van der Waals surface area contributed by atoms with Gasteiger partial charge in [0, 0.05) is 73.0 Å². The number of para-hydroxylation sites is 3. The van der Waals surface area contributed by atoms with E-state index < -0.39 is 30.1 Å². The van der Waals surface area contributed by atoms with Crippen LogP contribution in [0.4, 0.5) is 34.5 Å². The van der Waals surface area contributed by atoms with E-state index >= 15 is 0 Å². The van der Waals surface area contributed by atoms with E-state index in [1.54, 1.807) is 0 Å². The lowest BCUT2D eigenvalue weighted by molar-refractivity contribution is 0.0851. The van der Waals surface area contributed by atoms with E-state index in [1.807, 2.05) is 75.4 Å². The van der Waals surface area contributed by atoms with Gasteiger partial charge in [-0.3, -0.25) is 14.4 Å². The summed E-state index contributed by atoms with van der Waals surface area (Å²) in [4.78, 5) is 39.8. The van der Waals surface area contributed by atoms with Crippen LogP contribution >= 0.6 is 0 Å². The molecule has 0 aliphatic carbocycles. The van der Waals surface area contributed by atoms with Gasteiger partial charge in [-0.2, -0.15) is 42.3 Å². The highest BCUT2D eigenvalue weighted by Crippen LogP contribution is 2.40. The van der Waals surface area contributed by atoms with Crippen LogP contribution in [0.2, 0.25) is 0 Å². The Hall–Kier alpha value is -7.17. The molecule has 3 atom stereocenters. The number of nitrogens with two attached hydrogens (primary N) is 3. The van der Waals surface area contributed by atoms with E-state index in [0.717, 1.165) is 67.1 Å². The highest BCUT2D eigenvalue weighted by Gasteiger charge is 2.38. The molecule has 81 heavy (non-hydrogen) atoms. The third kappa shape index (κ3) is 11.1. The molecule has 9 heterocycles. The van der Waals surface area contributed by atoms with Gasteiger partial charge in [0.2, 0.25) is 30.1 Å². The van der Waals surface area contributed by atoms with Gasteiger partial charge in [-0.1, -0.05) is 54.6 Å². The molecule has 0 spiro atoms. The highest BCUT2D eigenvalue weighted by atomic mass is 32.2. The largest absolute Gasteiger partial charge is 0.385 e. The Morgan fingerprint density at radius 3 is 0.963 bits per heavy atom. The van der Waals surface area contributed by atoms with Gasteiger partial charge in [-0.25, -0.2) is 25.3 Å². The molecule has 27 heteroatoms. The minimum Gasteiger partial charge on any atom is -0.385 e. The summed E-state index contributed by atoms with van der Waals surface area (Å²) in [6.07, 6.45) is 6.90. The van der Waals surface area contributed by atoms with Crippen LogP contribution in [-0.2, 0) is 69.0 Å². The minimum atomic E-state index is -3.31. The Bertz CT molecular complexity index is 3480. The van der Waals surface area contributed by atoms with Gasteiger partial charge in [-0.15, -0.1) is 0 Å². The van der Waals surface area contributed by atoms with Crippen LogP contribution in [0.1, 0.15) is 119 Å². The first-order valence-corrected chi connectivity index (χ1v) is 32.4. The molecule has 6 aliphatic rings. The number of benzene rings is 3. The fraction of sp³-hybridized carbons (Fsp3) is 0.444. The first kappa shape index (κ1) is 57.1. The van der Waals surface area contributed by atoms with Crippen LogP contribution in [0.5, 0.6) is 0 Å². The van der Waals surface area contributed by atoms with E-state index in [4.69, 9.17) is 17.2 Å². The first-order chi connectivity index (χ1) is 38.3. The molecular formula is C54H69N15O9S3. The van der Waals surface area contributed by atoms with Gasteiger partial charge in [0.05, 0.1) is 73.2 Å². The molecule has 0 bridgehead atoms. The number of nitrogens with one attached hydrogen (secondary N) is 3. The molecule has 9 N–H and O–H groups in total. The number of aryl methyl sites for hydroxylation is 3. The van der Waals surface area contributed by atoms with Gasteiger partial charge >= 0.3 is 0 Å². The number of nitrogens with zero attached hydrogens (tertiary/aromatic N) is 9. The van der Waals surface area contributed by atoms with Crippen molar-refractivity contribution in [3.63, 3.8) is 0 Å². The van der Waals surface area contributed by atoms with Gasteiger partial charge in [0.15, 0.2) is 0 Å². The molecule has 0 amide bonds. The van der Waals surface area contributed by atoms with E-state index in [9.17, 15) is 39.6 Å². The molecule has 24 nitrogen and oxygen atoms in total. The lowest BCUT2D eigenvalue weighted by Gasteiger charge is -2.27. The number of hydrogen-bond acceptors (Lipinski definition) is 18. The van der Waals surface area contributed by atoms with Crippen LogP contribution < -0.4 is 33.2 Å². The van der Waals surface area contributed by atoms with Crippen LogP contribution in [-0.4, -0.2) is 143 Å².